The van der Waals surface area contributed by atoms with Crippen LogP contribution >= 0.6 is 0 Å². The molecule has 0 unspecified atom stereocenters. The van der Waals surface area contributed by atoms with Crippen LogP contribution in [0.25, 0.3) is 0 Å². The molecule has 0 aliphatic carbocycles. The molecule has 1 aromatic heterocycles. The third kappa shape index (κ3) is 4.17. The maximum atomic E-state index is 13.1. The molecule has 2 heterocycles. The van der Waals surface area contributed by atoms with Gasteiger partial charge in [0.25, 0.3) is 5.91 Å². The Kier molecular flexibility index (Phi) is 5.86. The van der Waals surface area contributed by atoms with Gasteiger partial charge in [-0.2, -0.15) is 4.31 Å². The number of carbonyl (C=O) groups excluding carboxylic acids is 1. The van der Waals surface area contributed by atoms with Crippen LogP contribution in [0.5, 0.6) is 5.75 Å². The van der Waals surface area contributed by atoms with Gasteiger partial charge in [0.2, 0.25) is 10.0 Å². The van der Waals surface area contributed by atoms with Crippen molar-refractivity contribution >= 4 is 21.6 Å². The van der Waals surface area contributed by atoms with Crippen molar-refractivity contribution in [1.29, 1.82) is 0 Å². The Morgan fingerprint density at radius 3 is 2.59 bits per heavy atom. The van der Waals surface area contributed by atoms with E-state index in [4.69, 9.17) is 9.15 Å². The van der Waals surface area contributed by atoms with Gasteiger partial charge in [0.05, 0.1) is 18.4 Å². The highest BCUT2D eigenvalue weighted by Gasteiger charge is 2.29. The monoisotopic (exact) mass is 392 g/mol. The van der Waals surface area contributed by atoms with Crippen molar-refractivity contribution in [3.05, 3.63) is 41.9 Å². The molecule has 1 fully saturated rings. The molecule has 146 valence electrons. The maximum Gasteiger partial charge on any atom is 0.259 e. The second-order valence-corrected chi connectivity index (χ2v) is 8.31. The number of anilines is 1. The van der Waals surface area contributed by atoms with Crippen LogP contribution in [0, 0.1) is 6.92 Å². The molecule has 1 aliphatic heterocycles. The molecule has 0 spiro atoms. The number of sulfonamides is 1. The maximum absolute atomic E-state index is 13.1. The number of ether oxygens (including phenoxy) is 1. The van der Waals surface area contributed by atoms with Gasteiger partial charge in [-0.25, -0.2) is 8.42 Å². The third-order valence-electron chi connectivity index (χ3n) is 4.54. The lowest BCUT2D eigenvalue weighted by atomic mass is 10.2. The molecule has 2 aromatic rings. The van der Waals surface area contributed by atoms with E-state index in [0.717, 1.165) is 19.3 Å². The fourth-order valence-corrected chi connectivity index (χ4v) is 4.80. The van der Waals surface area contributed by atoms with Gasteiger partial charge < -0.3 is 14.5 Å². The number of aryl methyl sites for hydroxylation is 1. The first-order valence-electron chi connectivity index (χ1n) is 9.06. The predicted octanol–water partition coefficient (Wildman–Crippen LogP) is 3.41. The number of piperidine rings is 1. The number of nitrogens with zero attached hydrogens (tertiary/aromatic N) is 1. The number of amides is 1. The summed E-state index contributed by atoms with van der Waals surface area (Å²) in [6.07, 6.45) is 4.16. The topological polar surface area (TPSA) is 88.8 Å². The highest BCUT2D eigenvalue weighted by Crippen LogP contribution is 2.31. The van der Waals surface area contributed by atoms with E-state index in [0.29, 0.717) is 42.5 Å². The van der Waals surface area contributed by atoms with Crippen LogP contribution in [0.3, 0.4) is 0 Å². The molecular weight excluding hydrogens is 368 g/mol. The van der Waals surface area contributed by atoms with Gasteiger partial charge >= 0.3 is 0 Å². The van der Waals surface area contributed by atoms with Gasteiger partial charge in [0.1, 0.15) is 16.4 Å². The Morgan fingerprint density at radius 2 is 1.96 bits per heavy atom. The number of rotatable bonds is 6. The minimum atomic E-state index is -3.70. The first-order valence-corrected chi connectivity index (χ1v) is 10.5. The summed E-state index contributed by atoms with van der Waals surface area (Å²) in [7, 11) is -3.70. The average molecular weight is 392 g/mol. The Bertz CT molecular complexity index is 914. The molecule has 27 heavy (non-hydrogen) atoms. The Morgan fingerprint density at radius 1 is 1.22 bits per heavy atom. The summed E-state index contributed by atoms with van der Waals surface area (Å²) >= 11 is 0. The standard InChI is InChI=1S/C19H24N2O5S/c1-3-25-17-8-7-15(20-19(22)16-9-12-26-14(16)2)13-18(17)27(23,24)21-10-5-4-6-11-21/h7-9,12-13H,3-6,10-11H2,1-2H3,(H,20,22). The number of benzene rings is 1. The van der Waals surface area contributed by atoms with Crippen molar-refractivity contribution in [2.75, 3.05) is 25.0 Å². The van der Waals surface area contributed by atoms with E-state index in [1.54, 1.807) is 32.0 Å². The van der Waals surface area contributed by atoms with Gasteiger partial charge in [-0.1, -0.05) is 6.42 Å². The molecule has 8 heteroatoms. The van der Waals surface area contributed by atoms with Gasteiger partial charge in [-0.05, 0) is 51.0 Å². The fourth-order valence-electron chi connectivity index (χ4n) is 3.13. The number of furan rings is 1. The highest BCUT2D eigenvalue weighted by molar-refractivity contribution is 7.89. The highest BCUT2D eigenvalue weighted by atomic mass is 32.2. The lowest BCUT2D eigenvalue weighted by Crippen LogP contribution is -2.35. The lowest BCUT2D eigenvalue weighted by molar-refractivity contribution is 0.102. The first-order chi connectivity index (χ1) is 12.9. The second kappa shape index (κ2) is 8.14. The zero-order valence-electron chi connectivity index (χ0n) is 15.5. The Labute approximate surface area is 159 Å². The van der Waals surface area contributed by atoms with Gasteiger partial charge in [-0.15, -0.1) is 0 Å². The van der Waals surface area contributed by atoms with Crippen LogP contribution in [0.4, 0.5) is 5.69 Å². The minimum absolute atomic E-state index is 0.0768. The lowest BCUT2D eigenvalue weighted by Gasteiger charge is -2.27. The molecule has 1 aromatic carbocycles. The van der Waals surface area contributed by atoms with E-state index in [2.05, 4.69) is 5.32 Å². The van der Waals surface area contributed by atoms with Crippen LogP contribution in [0.2, 0.25) is 0 Å². The van der Waals surface area contributed by atoms with Crippen molar-refractivity contribution in [1.82, 2.24) is 4.31 Å². The summed E-state index contributed by atoms with van der Waals surface area (Å²) in [4.78, 5) is 12.5. The van der Waals surface area contributed by atoms with E-state index in [9.17, 15) is 13.2 Å². The summed E-state index contributed by atoms with van der Waals surface area (Å²) in [6.45, 7) is 4.84. The summed E-state index contributed by atoms with van der Waals surface area (Å²) in [5, 5.41) is 2.73. The van der Waals surface area contributed by atoms with Crippen LogP contribution in [0.1, 0.15) is 42.3 Å². The van der Waals surface area contributed by atoms with Crippen LogP contribution in [0.15, 0.2) is 39.8 Å². The van der Waals surface area contributed by atoms with Crippen molar-refractivity contribution in [3.63, 3.8) is 0 Å². The average Bonchev–Trinajstić information content (AvgIpc) is 3.10. The van der Waals surface area contributed by atoms with E-state index < -0.39 is 10.0 Å². The molecule has 0 radical (unpaired) electrons. The van der Waals surface area contributed by atoms with Crippen molar-refractivity contribution in [2.45, 2.75) is 38.0 Å². The molecular formula is C19H24N2O5S. The summed E-state index contributed by atoms with van der Waals surface area (Å²) < 4.78 is 38.4. The van der Waals surface area contributed by atoms with Gasteiger partial charge in [0.15, 0.2) is 0 Å². The third-order valence-corrected chi connectivity index (χ3v) is 6.46. The quantitative estimate of drug-likeness (QED) is 0.814. The predicted molar refractivity (Wildman–Crippen MR) is 102 cm³/mol. The van der Waals surface area contributed by atoms with Crippen LogP contribution < -0.4 is 10.1 Å². The summed E-state index contributed by atoms with van der Waals surface area (Å²) in [5.74, 6) is 0.437. The molecule has 0 bridgehead atoms. The molecule has 1 N–H and O–H groups in total. The minimum Gasteiger partial charge on any atom is -0.492 e. The van der Waals surface area contributed by atoms with E-state index in [1.165, 1.54) is 16.6 Å². The van der Waals surface area contributed by atoms with Crippen molar-refractivity contribution in [3.8, 4) is 5.75 Å². The zero-order chi connectivity index (χ0) is 19.4. The molecule has 7 nitrogen and oxygen atoms in total. The molecule has 1 saturated heterocycles. The second-order valence-electron chi connectivity index (χ2n) is 6.40. The van der Waals surface area contributed by atoms with E-state index >= 15 is 0 Å². The SMILES string of the molecule is CCOc1ccc(NC(=O)c2ccoc2C)cc1S(=O)(=O)N1CCCCC1. The Hall–Kier alpha value is -2.32. The largest absolute Gasteiger partial charge is 0.492 e. The normalized spacial score (nSPS) is 15.5. The van der Waals surface area contributed by atoms with E-state index in [-0.39, 0.29) is 10.8 Å². The summed E-state index contributed by atoms with van der Waals surface area (Å²) in [6, 6.07) is 6.25. The molecule has 1 aliphatic rings. The fraction of sp³-hybridized carbons (Fsp3) is 0.421. The van der Waals surface area contributed by atoms with Gasteiger partial charge in [0, 0.05) is 18.8 Å². The van der Waals surface area contributed by atoms with E-state index in [1.807, 2.05) is 0 Å². The Balaban J connectivity index is 1.93. The van der Waals surface area contributed by atoms with Crippen molar-refractivity contribution < 1.29 is 22.4 Å². The number of hydrogen-bond acceptors (Lipinski definition) is 5. The first kappa shape index (κ1) is 19.4. The van der Waals surface area contributed by atoms with Crippen LogP contribution in [-0.4, -0.2) is 38.3 Å². The molecule has 0 saturated carbocycles. The molecule has 0 atom stereocenters. The smallest absolute Gasteiger partial charge is 0.259 e. The zero-order valence-corrected chi connectivity index (χ0v) is 16.3. The number of hydrogen-bond donors (Lipinski definition) is 1. The van der Waals surface area contributed by atoms with Crippen molar-refractivity contribution in [2.24, 2.45) is 0 Å². The number of carbonyl (C=O) groups is 1. The molecule has 1 amide bonds. The molecule has 3 rings (SSSR count). The number of nitrogens with one attached hydrogen (secondary N) is 1. The van der Waals surface area contributed by atoms with Crippen LogP contribution in [-0.2, 0) is 10.0 Å². The van der Waals surface area contributed by atoms with Gasteiger partial charge in [-0.3, -0.25) is 4.79 Å². The summed E-state index contributed by atoms with van der Waals surface area (Å²) in [5.41, 5.74) is 0.795.